The Balaban J connectivity index is 1.33. The van der Waals surface area contributed by atoms with E-state index in [1.807, 2.05) is 11.3 Å². The van der Waals surface area contributed by atoms with E-state index in [0.29, 0.717) is 0 Å². The van der Waals surface area contributed by atoms with Crippen molar-refractivity contribution in [2.45, 2.75) is 12.8 Å². The molecule has 1 aliphatic rings. The second kappa shape index (κ2) is 10.5. The fourth-order valence-electron chi connectivity index (χ4n) is 6.32. The molecule has 200 valence electrons. The normalized spacial score (nSPS) is 13.3. The van der Waals surface area contributed by atoms with Crippen molar-refractivity contribution in [3.8, 4) is 11.1 Å². The van der Waals surface area contributed by atoms with Crippen LogP contribution in [0.1, 0.15) is 18.4 Å². The van der Waals surface area contributed by atoms with Gasteiger partial charge in [-0.2, -0.15) is 0 Å². The molecule has 2 heteroatoms. The lowest BCUT2D eigenvalue weighted by Crippen LogP contribution is -2.19. The molecule has 0 amide bonds. The predicted molar refractivity (Wildman–Crippen MR) is 183 cm³/mol. The Kier molecular flexibility index (Phi) is 6.20. The van der Waals surface area contributed by atoms with Gasteiger partial charge < -0.3 is 4.90 Å². The minimum absolute atomic E-state index is 0.974. The third kappa shape index (κ3) is 4.32. The van der Waals surface area contributed by atoms with E-state index in [2.05, 4.69) is 157 Å². The number of thiophene rings is 1. The third-order valence-corrected chi connectivity index (χ3v) is 9.53. The van der Waals surface area contributed by atoms with Gasteiger partial charge in [0.2, 0.25) is 0 Å². The lowest BCUT2D eigenvalue weighted by Gasteiger charge is -2.32. The molecule has 8 rings (SSSR count). The number of hydrogen-bond donors (Lipinski definition) is 0. The zero-order valence-corrected chi connectivity index (χ0v) is 24.0. The maximum atomic E-state index is 2.48. The second-order valence-electron chi connectivity index (χ2n) is 10.9. The third-order valence-electron chi connectivity index (χ3n) is 8.31. The lowest BCUT2D eigenvalue weighted by molar-refractivity contribution is 0.924. The summed E-state index contributed by atoms with van der Waals surface area (Å²) in [4.78, 5) is 2.48. The van der Waals surface area contributed by atoms with Crippen LogP contribution in [0.3, 0.4) is 0 Å². The highest BCUT2D eigenvalue weighted by Crippen LogP contribution is 2.44. The van der Waals surface area contributed by atoms with E-state index in [9.17, 15) is 0 Å². The van der Waals surface area contributed by atoms with Crippen molar-refractivity contribution in [2.75, 3.05) is 4.90 Å². The number of rotatable bonds is 5. The quantitative estimate of drug-likeness (QED) is 0.204. The summed E-state index contributed by atoms with van der Waals surface area (Å²) in [5.41, 5.74) is 8.77. The van der Waals surface area contributed by atoms with Crippen LogP contribution in [0, 0.1) is 0 Å². The van der Waals surface area contributed by atoms with Gasteiger partial charge in [-0.1, -0.05) is 115 Å². The van der Waals surface area contributed by atoms with Crippen LogP contribution in [0.25, 0.3) is 47.6 Å². The van der Waals surface area contributed by atoms with Gasteiger partial charge in [0.1, 0.15) is 0 Å². The maximum absolute atomic E-state index is 2.48. The molecule has 42 heavy (non-hydrogen) atoms. The van der Waals surface area contributed by atoms with Gasteiger partial charge >= 0.3 is 0 Å². The highest BCUT2D eigenvalue weighted by Gasteiger charge is 2.22. The first kappa shape index (κ1) is 24.8. The molecule has 0 bridgehead atoms. The summed E-state index contributed by atoms with van der Waals surface area (Å²) in [7, 11) is 0. The van der Waals surface area contributed by atoms with Gasteiger partial charge in [-0.25, -0.2) is 0 Å². The second-order valence-corrected chi connectivity index (χ2v) is 11.9. The minimum atomic E-state index is 0.974. The number of hydrogen-bond acceptors (Lipinski definition) is 2. The van der Waals surface area contributed by atoms with Gasteiger partial charge in [0, 0.05) is 48.4 Å². The number of nitrogens with zero attached hydrogens (tertiary/aromatic N) is 1. The van der Waals surface area contributed by atoms with Crippen molar-refractivity contribution in [3.63, 3.8) is 0 Å². The van der Waals surface area contributed by atoms with Crippen molar-refractivity contribution >= 4 is 59.2 Å². The molecular weight excluding hydrogens is 527 g/mol. The predicted octanol–water partition coefficient (Wildman–Crippen LogP) is 11.8. The standard InChI is InChI=1S/C40H29NS/c1-2-15-32(16-3-1)41(33-17-10-14-30(27-33)31-25-24-28-12-4-5-13-29(28)26-31)38-22-8-6-18-34(38)36-20-11-21-37-35-19-7-9-23-39(35)42-40(36)37/h1-7,9-21,23-27H,8,22H2. The molecule has 0 saturated carbocycles. The maximum Gasteiger partial charge on any atom is 0.0464 e. The Morgan fingerprint density at radius 2 is 1.29 bits per heavy atom. The van der Waals surface area contributed by atoms with E-state index < -0.39 is 0 Å². The average molecular weight is 556 g/mol. The molecule has 6 aromatic carbocycles. The topological polar surface area (TPSA) is 3.24 Å². The van der Waals surface area contributed by atoms with Crippen molar-refractivity contribution in [3.05, 3.63) is 163 Å². The molecule has 1 aromatic heterocycles. The van der Waals surface area contributed by atoms with Crippen LogP contribution < -0.4 is 4.90 Å². The Morgan fingerprint density at radius 1 is 0.548 bits per heavy atom. The molecule has 0 saturated heterocycles. The van der Waals surface area contributed by atoms with E-state index >= 15 is 0 Å². The van der Waals surface area contributed by atoms with Gasteiger partial charge in [0.05, 0.1) is 0 Å². The fourth-order valence-corrected chi connectivity index (χ4v) is 7.55. The highest BCUT2D eigenvalue weighted by molar-refractivity contribution is 7.26. The van der Waals surface area contributed by atoms with Crippen molar-refractivity contribution in [1.29, 1.82) is 0 Å². The molecule has 0 N–H and O–H groups in total. The summed E-state index contributed by atoms with van der Waals surface area (Å²) >= 11 is 1.90. The van der Waals surface area contributed by atoms with Crippen LogP contribution in [-0.2, 0) is 0 Å². The van der Waals surface area contributed by atoms with E-state index in [4.69, 9.17) is 0 Å². The molecule has 0 radical (unpaired) electrons. The SMILES string of the molecule is C1=CC(c2cccc3c2sc2ccccc23)=C(N(c2ccccc2)c2cccc(-c3ccc4ccccc4c3)c2)CC1. The van der Waals surface area contributed by atoms with Crippen molar-refractivity contribution in [1.82, 2.24) is 0 Å². The number of fused-ring (bicyclic) bond motifs is 4. The van der Waals surface area contributed by atoms with E-state index in [1.165, 1.54) is 70.3 Å². The smallest absolute Gasteiger partial charge is 0.0464 e. The van der Waals surface area contributed by atoms with Crippen LogP contribution in [-0.4, -0.2) is 0 Å². The first-order valence-corrected chi connectivity index (χ1v) is 15.4. The molecule has 1 heterocycles. The van der Waals surface area contributed by atoms with Crippen LogP contribution in [0.2, 0.25) is 0 Å². The molecular formula is C40H29NS. The molecule has 1 nitrogen and oxygen atoms in total. The first-order chi connectivity index (χ1) is 20.8. The van der Waals surface area contributed by atoms with Gasteiger partial charge in [-0.15, -0.1) is 11.3 Å². The number of para-hydroxylation sites is 1. The molecule has 0 atom stereocenters. The Bertz CT molecular complexity index is 2150. The van der Waals surface area contributed by atoms with E-state index in [0.717, 1.165) is 12.8 Å². The molecule has 7 aromatic rings. The van der Waals surface area contributed by atoms with Gasteiger partial charge in [0.15, 0.2) is 0 Å². The Hall–Kier alpha value is -4.92. The number of anilines is 2. The molecule has 0 spiro atoms. The van der Waals surface area contributed by atoms with E-state index in [1.54, 1.807) is 0 Å². The summed E-state index contributed by atoms with van der Waals surface area (Å²) in [5.74, 6) is 0. The van der Waals surface area contributed by atoms with Crippen molar-refractivity contribution in [2.24, 2.45) is 0 Å². The monoisotopic (exact) mass is 555 g/mol. The summed E-state index contributed by atoms with van der Waals surface area (Å²) < 4.78 is 2.69. The van der Waals surface area contributed by atoms with Gasteiger partial charge in [-0.3, -0.25) is 0 Å². The summed E-state index contributed by atoms with van der Waals surface area (Å²) in [6, 6.07) is 50.8. The average Bonchev–Trinajstić information content (AvgIpc) is 3.45. The highest BCUT2D eigenvalue weighted by atomic mass is 32.1. The summed E-state index contributed by atoms with van der Waals surface area (Å²) in [5, 5.41) is 5.20. The fraction of sp³-hybridized carbons (Fsp3) is 0.0500. The Morgan fingerprint density at radius 3 is 2.21 bits per heavy atom. The first-order valence-electron chi connectivity index (χ1n) is 14.6. The largest absolute Gasteiger partial charge is 0.314 e. The van der Waals surface area contributed by atoms with E-state index in [-0.39, 0.29) is 0 Å². The van der Waals surface area contributed by atoms with Crippen LogP contribution >= 0.6 is 11.3 Å². The van der Waals surface area contributed by atoms with Gasteiger partial charge in [0.25, 0.3) is 0 Å². The van der Waals surface area contributed by atoms with Crippen LogP contribution in [0.4, 0.5) is 11.4 Å². The molecule has 1 aliphatic carbocycles. The number of allylic oxidation sites excluding steroid dienone is 4. The van der Waals surface area contributed by atoms with Crippen molar-refractivity contribution < 1.29 is 0 Å². The summed E-state index contributed by atoms with van der Waals surface area (Å²) in [6.07, 6.45) is 6.68. The zero-order valence-electron chi connectivity index (χ0n) is 23.2. The molecule has 0 unspecified atom stereocenters. The Labute approximate surface area is 250 Å². The number of benzene rings is 6. The molecule has 0 aliphatic heterocycles. The zero-order chi connectivity index (χ0) is 27.9. The summed E-state index contributed by atoms with van der Waals surface area (Å²) in [6.45, 7) is 0. The van der Waals surface area contributed by atoms with Crippen LogP contribution in [0.5, 0.6) is 0 Å². The molecule has 0 fully saturated rings. The van der Waals surface area contributed by atoms with Crippen LogP contribution in [0.15, 0.2) is 157 Å². The van der Waals surface area contributed by atoms with Gasteiger partial charge in [-0.05, 0) is 71.1 Å². The lowest BCUT2D eigenvalue weighted by atomic mass is 9.93. The minimum Gasteiger partial charge on any atom is -0.314 e.